The van der Waals surface area contributed by atoms with Crippen molar-refractivity contribution in [2.24, 2.45) is 0 Å². The second-order valence-corrected chi connectivity index (χ2v) is 9.08. The minimum absolute atomic E-state index is 0.645. The maximum Gasteiger partial charge on any atom is 0.165 e. The van der Waals surface area contributed by atoms with E-state index in [1.165, 1.54) is 0 Å². The van der Waals surface area contributed by atoms with Gasteiger partial charge >= 0.3 is 0 Å². The van der Waals surface area contributed by atoms with Gasteiger partial charge in [0.15, 0.2) is 9.84 Å². The van der Waals surface area contributed by atoms with Crippen molar-refractivity contribution in [2.45, 2.75) is 30.8 Å². The Balaban J connectivity index is 2.46. The lowest BCUT2D eigenvalue weighted by atomic mass is 10.1. The minimum atomic E-state index is -3.35. The fourth-order valence-electron chi connectivity index (χ4n) is 2.18. The molecule has 0 N–H and O–H groups in total. The van der Waals surface area contributed by atoms with Crippen molar-refractivity contribution in [3.8, 4) is 0 Å². The van der Waals surface area contributed by atoms with Crippen LogP contribution >= 0.6 is 0 Å². The topological polar surface area (TPSA) is 34.1 Å². The molecule has 0 aliphatic rings. The van der Waals surface area contributed by atoms with Crippen LogP contribution in [0.3, 0.4) is 0 Å². The zero-order valence-corrected chi connectivity index (χ0v) is 14.0. The van der Waals surface area contributed by atoms with Crippen molar-refractivity contribution < 1.29 is 8.42 Å². The molecule has 3 heteroatoms. The van der Waals surface area contributed by atoms with Crippen molar-refractivity contribution in [2.75, 3.05) is 0 Å². The van der Waals surface area contributed by atoms with Crippen LogP contribution in [0.1, 0.15) is 37.1 Å². The van der Waals surface area contributed by atoms with E-state index < -0.39 is 19.8 Å². The second kappa shape index (κ2) is 6.49. The molecular weight excluding hydrogens is 292 g/mol. The van der Waals surface area contributed by atoms with E-state index in [4.69, 9.17) is 0 Å². The Hall–Kier alpha value is -1.87. The molecule has 2 rings (SSSR count). The minimum Gasteiger partial charge on any atom is -0.227 e. The molecular formula is C19H22O2S. The van der Waals surface area contributed by atoms with Crippen LogP contribution < -0.4 is 0 Å². The van der Waals surface area contributed by atoms with E-state index in [1.54, 1.807) is 26.8 Å². The highest BCUT2D eigenvalue weighted by Crippen LogP contribution is 2.33. The molecule has 0 amide bonds. The highest BCUT2D eigenvalue weighted by atomic mass is 32.2. The average Bonchev–Trinajstić information content (AvgIpc) is 2.48. The molecule has 0 spiro atoms. The van der Waals surface area contributed by atoms with E-state index in [2.05, 4.69) is 0 Å². The van der Waals surface area contributed by atoms with Gasteiger partial charge in [0.2, 0.25) is 0 Å². The molecule has 1 atom stereocenters. The fraction of sp³-hybridized carbons (Fsp3) is 0.263. The summed E-state index contributed by atoms with van der Waals surface area (Å²) in [5.41, 5.74) is 1.79. The molecule has 0 unspecified atom stereocenters. The van der Waals surface area contributed by atoms with E-state index in [9.17, 15) is 8.42 Å². The standard InChI is InChI=1S/C19H22O2S/c1-19(2,3)22(20,21)18(17-12-8-5-9-13-17)15-14-16-10-6-4-7-11-16/h4-15,18H,1-3H3/b15-14+/t18-/m1/s1. The Morgan fingerprint density at radius 3 is 1.86 bits per heavy atom. The summed E-state index contributed by atoms with van der Waals surface area (Å²) in [5, 5.41) is -0.645. The molecule has 0 saturated carbocycles. The van der Waals surface area contributed by atoms with E-state index in [0.29, 0.717) is 0 Å². The first-order chi connectivity index (χ1) is 10.3. The molecule has 0 aliphatic carbocycles. The number of rotatable bonds is 4. The molecule has 0 radical (unpaired) electrons. The summed E-state index contributed by atoms with van der Waals surface area (Å²) in [7, 11) is -3.35. The van der Waals surface area contributed by atoms with Gasteiger partial charge in [0.25, 0.3) is 0 Å². The molecule has 2 nitrogen and oxygen atoms in total. The summed E-state index contributed by atoms with van der Waals surface area (Å²) in [6.07, 6.45) is 3.66. The van der Waals surface area contributed by atoms with Crippen LogP contribution in [0.25, 0.3) is 6.08 Å². The van der Waals surface area contributed by atoms with E-state index in [1.807, 2.05) is 66.7 Å². The quantitative estimate of drug-likeness (QED) is 0.823. The summed E-state index contributed by atoms with van der Waals surface area (Å²) in [4.78, 5) is 0. The summed E-state index contributed by atoms with van der Waals surface area (Å²) in [5.74, 6) is 0. The number of hydrogen-bond acceptors (Lipinski definition) is 2. The van der Waals surface area contributed by atoms with Gasteiger partial charge in [-0.2, -0.15) is 0 Å². The average molecular weight is 314 g/mol. The van der Waals surface area contributed by atoms with Crippen LogP contribution in [-0.4, -0.2) is 13.2 Å². The molecule has 2 aromatic carbocycles. The van der Waals surface area contributed by atoms with Crippen molar-refractivity contribution in [3.05, 3.63) is 77.9 Å². The first-order valence-corrected chi connectivity index (χ1v) is 8.88. The van der Waals surface area contributed by atoms with Crippen LogP contribution in [0.5, 0.6) is 0 Å². The number of sulfone groups is 1. The van der Waals surface area contributed by atoms with E-state index in [0.717, 1.165) is 11.1 Å². The van der Waals surface area contributed by atoms with Gasteiger partial charge in [0, 0.05) is 0 Å². The predicted molar refractivity (Wildman–Crippen MR) is 93.3 cm³/mol. The fourth-order valence-corrected chi connectivity index (χ4v) is 3.74. The van der Waals surface area contributed by atoms with Gasteiger partial charge in [0.1, 0.15) is 5.25 Å². The highest BCUT2D eigenvalue weighted by molar-refractivity contribution is 7.93. The van der Waals surface area contributed by atoms with Crippen LogP contribution in [-0.2, 0) is 9.84 Å². The van der Waals surface area contributed by atoms with Crippen LogP contribution in [0.4, 0.5) is 0 Å². The second-order valence-electron chi connectivity index (χ2n) is 6.26. The summed E-state index contributed by atoms with van der Waals surface area (Å²) >= 11 is 0. The molecule has 0 heterocycles. The van der Waals surface area contributed by atoms with Gasteiger partial charge in [-0.3, -0.25) is 0 Å². The number of hydrogen-bond donors (Lipinski definition) is 0. The Kier molecular flexibility index (Phi) is 4.87. The lowest BCUT2D eigenvalue weighted by molar-refractivity contribution is 0.554. The molecule has 0 aromatic heterocycles. The lowest BCUT2D eigenvalue weighted by Gasteiger charge is -2.25. The number of benzene rings is 2. The third-order valence-corrected chi connectivity index (χ3v) is 6.38. The van der Waals surface area contributed by atoms with Crippen molar-refractivity contribution in [1.29, 1.82) is 0 Å². The zero-order chi connectivity index (χ0) is 16.2. The Morgan fingerprint density at radius 1 is 0.864 bits per heavy atom. The highest BCUT2D eigenvalue weighted by Gasteiger charge is 2.36. The predicted octanol–water partition coefficient (Wildman–Crippen LogP) is 4.65. The van der Waals surface area contributed by atoms with Crippen LogP contribution in [0, 0.1) is 0 Å². The van der Waals surface area contributed by atoms with Crippen LogP contribution in [0.15, 0.2) is 66.7 Å². The first-order valence-electron chi connectivity index (χ1n) is 7.34. The SMILES string of the molecule is CC(C)(C)S(=O)(=O)[C@H](/C=C/c1ccccc1)c1ccccc1. The Labute approximate surface area is 133 Å². The third kappa shape index (κ3) is 3.66. The molecule has 22 heavy (non-hydrogen) atoms. The summed E-state index contributed by atoms with van der Waals surface area (Å²) in [6, 6.07) is 19.1. The largest absolute Gasteiger partial charge is 0.227 e. The van der Waals surface area contributed by atoms with Crippen LogP contribution in [0.2, 0.25) is 0 Å². The summed E-state index contributed by atoms with van der Waals surface area (Å²) < 4.78 is 25.0. The molecule has 0 aliphatic heterocycles. The molecule has 0 saturated heterocycles. The van der Waals surface area contributed by atoms with Gasteiger partial charge in [-0.15, -0.1) is 0 Å². The maximum absolute atomic E-state index is 12.9. The van der Waals surface area contributed by atoms with E-state index in [-0.39, 0.29) is 0 Å². The van der Waals surface area contributed by atoms with Gasteiger partial charge in [0.05, 0.1) is 4.75 Å². The van der Waals surface area contributed by atoms with Gasteiger partial charge in [-0.05, 0) is 31.9 Å². The Bertz CT molecular complexity index is 724. The van der Waals surface area contributed by atoms with Gasteiger partial charge < -0.3 is 0 Å². The molecule has 2 aromatic rings. The van der Waals surface area contributed by atoms with Crippen molar-refractivity contribution >= 4 is 15.9 Å². The maximum atomic E-state index is 12.9. The molecule has 116 valence electrons. The lowest BCUT2D eigenvalue weighted by Crippen LogP contribution is -2.32. The normalized spacial score (nSPS) is 14.1. The smallest absolute Gasteiger partial charge is 0.165 e. The Morgan fingerprint density at radius 2 is 1.36 bits per heavy atom. The first kappa shape index (κ1) is 16.5. The molecule has 0 bridgehead atoms. The summed E-state index contributed by atoms with van der Waals surface area (Å²) in [6.45, 7) is 5.23. The van der Waals surface area contributed by atoms with E-state index >= 15 is 0 Å². The monoisotopic (exact) mass is 314 g/mol. The third-order valence-electron chi connectivity index (χ3n) is 3.58. The van der Waals surface area contributed by atoms with Crippen molar-refractivity contribution in [3.63, 3.8) is 0 Å². The van der Waals surface area contributed by atoms with Crippen molar-refractivity contribution in [1.82, 2.24) is 0 Å². The molecule has 0 fully saturated rings. The zero-order valence-electron chi connectivity index (χ0n) is 13.2. The van der Waals surface area contributed by atoms with Gasteiger partial charge in [-0.1, -0.05) is 72.8 Å². The van der Waals surface area contributed by atoms with Gasteiger partial charge in [-0.25, -0.2) is 8.42 Å².